The summed E-state index contributed by atoms with van der Waals surface area (Å²) in [7, 11) is 1.41. The number of hydrogen-bond acceptors (Lipinski definition) is 5. The van der Waals surface area contributed by atoms with Crippen molar-refractivity contribution < 1.29 is 24.2 Å². The van der Waals surface area contributed by atoms with Gasteiger partial charge in [-0.15, -0.1) is 11.8 Å². The van der Waals surface area contributed by atoms with Gasteiger partial charge in [-0.2, -0.15) is 0 Å². The van der Waals surface area contributed by atoms with E-state index >= 15 is 0 Å². The molecule has 6 nitrogen and oxygen atoms in total. The van der Waals surface area contributed by atoms with Crippen LogP contribution in [0.1, 0.15) is 20.8 Å². The zero-order valence-electron chi connectivity index (χ0n) is 10.3. The van der Waals surface area contributed by atoms with Gasteiger partial charge < -0.3 is 14.6 Å². The van der Waals surface area contributed by atoms with Crippen LogP contribution in [0.15, 0.2) is 0 Å². The molecule has 1 aliphatic rings. The minimum absolute atomic E-state index is 0.305. The van der Waals surface area contributed by atoms with E-state index in [1.165, 1.54) is 23.8 Å². The van der Waals surface area contributed by atoms with E-state index in [2.05, 4.69) is 0 Å². The molecule has 0 saturated carbocycles. The van der Waals surface area contributed by atoms with Crippen molar-refractivity contribution in [2.75, 3.05) is 13.0 Å². The first-order chi connectivity index (χ1) is 7.79. The third-order valence-corrected chi connectivity index (χ3v) is 3.99. The Labute approximate surface area is 104 Å². The van der Waals surface area contributed by atoms with E-state index in [0.717, 1.165) is 0 Å². The molecule has 1 aliphatic heterocycles. The summed E-state index contributed by atoms with van der Waals surface area (Å²) in [5.41, 5.74) is 0. The number of hydrogen-bond donors (Lipinski definition) is 1. The summed E-state index contributed by atoms with van der Waals surface area (Å²) in [5, 5.41) is 9.17. The molecule has 0 spiro atoms. The second kappa shape index (κ2) is 5.14. The van der Waals surface area contributed by atoms with Crippen molar-refractivity contribution >= 4 is 23.8 Å². The summed E-state index contributed by atoms with van der Waals surface area (Å²) in [6.07, 6.45) is -1.35. The summed E-state index contributed by atoms with van der Waals surface area (Å²) in [4.78, 5) is 24.2. The van der Waals surface area contributed by atoms with Crippen LogP contribution in [0.2, 0.25) is 0 Å². The number of nitrogens with zero attached hydrogens (tertiary/aromatic N) is 1. The summed E-state index contributed by atoms with van der Waals surface area (Å²) in [5.74, 6) is -0.721. The third-order valence-electron chi connectivity index (χ3n) is 2.61. The number of rotatable bonds is 3. The Morgan fingerprint density at radius 3 is 2.59 bits per heavy atom. The van der Waals surface area contributed by atoms with Crippen LogP contribution in [0.5, 0.6) is 0 Å². The maximum Gasteiger partial charge on any atom is 0.413 e. The van der Waals surface area contributed by atoms with Crippen LogP contribution in [-0.4, -0.2) is 52.1 Å². The Kier molecular flexibility index (Phi) is 4.26. The fourth-order valence-corrected chi connectivity index (χ4v) is 2.72. The lowest BCUT2D eigenvalue weighted by Gasteiger charge is -2.27. The summed E-state index contributed by atoms with van der Waals surface area (Å²) < 4.78 is 9.22. The smallest absolute Gasteiger partial charge is 0.413 e. The van der Waals surface area contributed by atoms with Crippen molar-refractivity contribution in [2.24, 2.45) is 0 Å². The molecule has 1 rings (SSSR count). The lowest BCUT2D eigenvalue weighted by molar-refractivity contribution is -0.144. The van der Waals surface area contributed by atoms with Gasteiger partial charge >= 0.3 is 12.1 Å². The Hall–Kier alpha value is -0.950. The van der Waals surface area contributed by atoms with Crippen molar-refractivity contribution in [3.05, 3.63) is 0 Å². The van der Waals surface area contributed by atoms with E-state index in [9.17, 15) is 9.59 Å². The number of carboxylic acids is 1. The minimum atomic E-state index is -1.03. The van der Waals surface area contributed by atoms with Gasteiger partial charge in [-0.1, -0.05) is 0 Å². The Balaban J connectivity index is 2.77. The van der Waals surface area contributed by atoms with Crippen LogP contribution in [0.4, 0.5) is 4.79 Å². The number of carboxylic acid groups (broad SMARTS) is 1. The fourth-order valence-electron chi connectivity index (χ4n) is 1.61. The van der Waals surface area contributed by atoms with E-state index in [0.29, 0.717) is 5.88 Å². The first-order valence-electron chi connectivity index (χ1n) is 5.16. The highest BCUT2D eigenvalue weighted by molar-refractivity contribution is 8.00. The standard InChI is InChI=1S/C10H17NO5S/c1-6(15-4)16-9(14)11-5-17-10(2,3)7(11)8(12)13/h6-7H,5H2,1-4H3,(H,12,13). The molecule has 1 heterocycles. The molecule has 98 valence electrons. The zero-order valence-corrected chi connectivity index (χ0v) is 11.1. The lowest BCUT2D eigenvalue weighted by atomic mass is 10.0. The molecule has 17 heavy (non-hydrogen) atoms. The Bertz CT molecular complexity index is 320. The maximum absolute atomic E-state index is 11.8. The predicted molar refractivity (Wildman–Crippen MR) is 62.8 cm³/mol. The van der Waals surface area contributed by atoms with Crippen molar-refractivity contribution in [3.63, 3.8) is 0 Å². The molecular weight excluding hydrogens is 246 g/mol. The second-order valence-electron chi connectivity index (χ2n) is 4.27. The SMILES string of the molecule is COC(C)OC(=O)N1CSC(C)(C)C1C(=O)O. The minimum Gasteiger partial charge on any atom is -0.480 e. The molecule has 0 radical (unpaired) electrons. The third kappa shape index (κ3) is 3.04. The van der Waals surface area contributed by atoms with Gasteiger partial charge in [0, 0.05) is 11.9 Å². The summed E-state index contributed by atoms with van der Waals surface area (Å²) in [6, 6.07) is -0.885. The first-order valence-corrected chi connectivity index (χ1v) is 6.15. The lowest BCUT2D eigenvalue weighted by Crippen LogP contribution is -2.49. The van der Waals surface area contributed by atoms with Crippen LogP contribution < -0.4 is 0 Å². The first kappa shape index (κ1) is 14.1. The molecular formula is C10H17NO5S. The summed E-state index contributed by atoms with van der Waals surface area (Å²) in [6.45, 7) is 5.16. The van der Waals surface area contributed by atoms with Crippen LogP contribution in [0, 0.1) is 0 Å². The van der Waals surface area contributed by atoms with Crippen LogP contribution in [0.3, 0.4) is 0 Å². The van der Waals surface area contributed by atoms with Crippen LogP contribution >= 0.6 is 11.8 Å². The maximum atomic E-state index is 11.8. The monoisotopic (exact) mass is 263 g/mol. The molecule has 2 atom stereocenters. The van der Waals surface area contributed by atoms with E-state index in [1.54, 1.807) is 20.8 Å². The van der Waals surface area contributed by atoms with Crippen LogP contribution in [0.25, 0.3) is 0 Å². The number of thioether (sulfide) groups is 1. The number of amides is 1. The van der Waals surface area contributed by atoms with Gasteiger partial charge in [0.05, 0.1) is 5.88 Å². The number of methoxy groups -OCH3 is 1. The second-order valence-corrected chi connectivity index (χ2v) is 5.87. The Morgan fingerprint density at radius 1 is 1.53 bits per heavy atom. The average Bonchev–Trinajstić information content (AvgIpc) is 2.53. The largest absolute Gasteiger partial charge is 0.480 e. The predicted octanol–water partition coefficient (Wildman–Crippen LogP) is 1.35. The quantitative estimate of drug-likeness (QED) is 0.775. The topological polar surface area (TPSA) is 76.1 Å². The number of carbonyl (C=O) groups excluding carboxylic acids is 1. The fraction of sp³-hybridized carbons (Fsp3) is 0.800. The van der Waals surface area contributed by atoms with E-state index < -0.39 is 29.1 Å². The van der Waals surface area contributed by atoms with Gasteiger partial charge in [0.25, 0.3) is 0 Å². The van der Waals surface area contributed by atoms with E-state index in [4.69, 9.17) is 14.6 Å². The van der Waals surface area contributed by atoms with Crippen molar-refractivity contribution in [3.8, 4) is 0 Å². The van der Waals surface area contributed by atoms with Gasteiger partial charge in [0.2, 0.25) is 6.29 Å². The summed E-state index contributed by atoms with van der Waals surface area (Å²) >= 11 is 1.41. The number of carbonyl (C=O) groups is 2. The van der Waals surface area contributed by atoms with Gasteiger partial charge in [-0.05, 0) is 20.8 Å². The van der Waals surface area contributed by atoms with Crippen molar-refractivity contribution in [1.82, 2.24) is 4.90 Å². The molecule has 1 fully saturated rings. The molecule has 0 aromatic rings. The van der Waals surface area contributed by atoms with E-state index in [-0.39, 0.29) is 0 Å². The van der Waals surface area contributed by atoms with Crippen molar-refractivity contribution in [2.45, 2.75) is 37.9 Å². The highest BCUT2D eigenvalue weighted by Gasteiger charge is 2.49. The average molecular weight is 263 g/mol. The Morgan fingerprint density at radius 2 is 2.12 bits per heavy atom. The van der Waals surface area contributed by atoms with Crippen LogP contribution in [-0.2, 0) is 14.3 Å². The molecule has 0 aliphatic carbocycles. The number of ether oxygens (including phenoxy) is 2. The molecule has 1 amide bonds. The van der Waals surface area contributed by atoms with Gasteiger partial charge in [-0.3, -0.25) is 4.90 Å². The van der Waals surface area contributed by atoms with Gasteiger partial charge in [-0.25, -0.2) is 9.59 Å². The molecule has 0 aromatic carbocycles. The highest BCUT2D eigenvalue weighted by Crippen LogP contribution is 2.39. The van der Waals surface area contributed by atoms with Crippen molar-refractivity contribution in [1.29, 1.82) is 0 Å². The van der Waals surface area contributed by atoms with Gasteiger partial charge in [0.15, 0.2) is 0 Å². The number of aliphatic carboxylic acids is 1. The van der Waals surface area contributed by atoms with E-state index in [1.807, 2.05) is 0 Å². The molecule has 0 bridgehead atoms. The molecule has 2 unspecified atom stereocenters. The molecule has 0 aromatic heterocycles. The van der Waals surface area contributed by atoms with Gasteiger partial charge in [0.1, 0.15) is 6.04 Å². The highest BCUT2D eigenvalue weighted by atomic mass is 32.2. The molecule has 1 N–H and O–H groups in total. The normalized spacial score (nSPS) is 24.5. The zero-order chi connectivity index (χ0) is 13.2. The molecule has 7 heteroatoms. The molecule has 1 saturated heterocycles.